The maximum Gasteiger partial charge on any atom is 0.233 e. The van der Waals surface area contributed by atoms with Gasteiger partial charge in [0, 0.05) is 24.3 Å². The number of aryl methyl sites for hydroxylation is 2. The van der Waals surface area contributed by atoms with Crippen LogP contribution in [0.25, 0.3) is 0 Å². The molecule has 0 fully saturated rings. The van der Waals surface area contributed by atoms with Crippen LogP contribution < -0.4 is 0 Å². The van der Waals surface area contributed by atoms with Crippen LogP contribution in [-0.2, 0) is 11.3 Å². The Labute approximate surface area is 170 Å². The van der Waals surface area contributed by atoms with Crippen LogP contribution in [-0.4, -0.2) is 33.9 Å². The van der Waals surface area contributed by atoms with Gasteiger partial charge in [-0.2, -0.15) is 5.26 Å². The van der Waals surface area contributed by atoms with Gasteiger partial charge in [0.15, 0.2) is 5.78 Å². The molecule has 0 aliphatic rings. The third-order valence-electron chi connectivity index (χ3n) is 4.35. The van der Waals surface area contributed by atoms with Gasteiger partial charge < -0.3 is 4.90 Å². The molecule has 0 N–H and O–H groups in total. The summed E-state index contributed by atoms with van der Waals surface area (Å²) < 4.78 is 0. The van der Waals surface area contributed by atoms with Crippen molar-refractivity contribution in [2.45, 2.75) is 45.7 Å². The lowest BCUT2D eigenvalue weighted by Crippen LogP contribution is -2.32. The molecule has 6 heteroatoms. The summed E-state index contributed by atoms with van der Waals surface area (Å²) in [5.41, 5.74) is 3.63. The van der Waals surface area contributed by atoms with E-state index in [1.165, 1.54) is 24.2 Å². The fourth-order valence-electron chi connectivity index (χ4n) is 2.83. The second-order valence-electron chi connectivity index (χ2n) is 6.73. The smallest absolute Gasteiger partial charge is 0.233 e. The van der Waals surface area contributed by atoms with E-state index in [4.69, 9.17) is 0 Å². The predicted octanol–water partition coefficient (Wildman–Crippen LogP) is 4.30. The van der Waals surface area contributed by atoms with E-state index in [-0.39, 0.29) is 17.4 Å². The molecular formula is C22H25N3O2S. The molecule has 0 aliphatic carbocycles. The van der Waals surface area contributed by atoms with Gasteiger partial charge in [0.05, 0.1) is 11.3 Å². The normalized spacial score (nSPS) is 10.4. The first-order valence-corrected chi connectivity index (χ1v) is 10.2. The number of carbonyl (C=O) groups is 2. The summed E-state index contributed by atoms with van der Waals surface area (Å²) in [6.07, 6.45) is 0.871. The number of nitriles is 1. The van der Waals surface area contributed by atoms with E-state index in [1.54, 1.807) is 13.0 Å². The number of ketones is 1. The van der Waals surface area contributed by atoms with Crippen LogP contribution in [0.5, 0.6) is 0 Å². The summed E-state index contributed by atoms with van der Waals surface area (Å²) in [5, 5.41) is 9.87. The van der Waals surface area contributed by atoms with Crippen LogP contribution in [0, 0.1) is 25.2 Å². The van der Waals surface area contributed by atoms with Gasteiger partial charge in [-0.3, -0.25) is 9.59 Å². The van der Waals surface area contributed by atoms with Crippen molar-refractivity contribution in [3.8, 4) is 6.07 Å². The molecule has 0 spiro atoms. The van der Waals surface area contributed by atoms with E-state index >= 15 is 0 Å². The zero-order chi connectivity index (χ0) is 20.7. The molecule has 0 radical (unpaired) electrons. The molecule has 0 bridgehead atoms. The highest BCUT2D eigenvalue weighted by atomic mass is 32.2. The zero-order valence-corrected chi connectivity index (χ0v) is 17.6. The third-order valence-corrected chi connectivity index (χ3v) is 5.33. The highest BCUT2D eigenvalue weighted by Crippen LogP contribution is 2.24. The SMILES string of the molecule is CCCN(Cc1ccc(C)cc1)C(=O)CSc1nc(C)c(C(C)=O)cc1C#N. The Balaban J connectivity index is 2.12. The molecule has 1 amide bonds. The number of rotatable bonds is 8. The fourth-order valence-corrected chi connectivity index (χ4v) is 3.73. The average Bonchev–Trinajstić information content (AvgIpc) is 2.67. The van der Waals surface area contributed by atoms with E-state index in [2.05, 4.69) is 11.1 Å². The quantitative estimate of drug-likeness (QED) is 0.492. The molecule has 0 unspecified atom stereocenters. The summed E-state index contributed by atoms with van der Waals surface area (Å²) in [7, 11) is 0. The zero-order valence-electron chi connectivity index (χ0n) is 16.8. The Morgan fingerprint density at radius 3 is 2.46 bits per heavy atom. The van der Waals surface area contributed by atoms with Crippen molar-refractivity contribution in [3.05, 3.63) is 58.3 Å². The van der Waals surface area contributed by atoms with E-state index in [0.29, 0.717) is 34.9 Å². The van der Waals surface area contributed by atoms with Gasteiger partial charge in [0.2, 0.25) is 5.91 Å². The number of aromatic nitrogens is 1. The summed E-state index contributed by atoms with van der Waals surface area (Å²) in [4.78, 5) is 30.6. The standard InChI is InChI=1S/C22H25N3O2S/c1-5-10-25(13-18-8-6-15(2)7-9-18)21(27)14-28-22-19(12-23)11-20(17(4)26)16(3)24-22/h6-9,11H,5,10,13-14H2,1-4H3. The number of hydrogen-bond acceptors (Lipinski definition) is 5. The summed E-state index contributed by atoms with van der Waals surface area (Å²) in [5.74, 6) is 0.0830. The van der Waals surface area contributed by atoms with Crippen LogP contribution in [0.3, 0.4) is 0 Å². The highest BCUT2D eigenvalue weighted by Gasteiger charge is 2.17. The van der Waals surface area contributed by atoms with Crippen molar-refractivity contribution in [1.29, 1.82) is 5.26 Å². The first kappa shape index (κ1) is 21.6. The Hall–Kier alpha value is -2.65. The third kappa shape index (κ3) is 5.67. The fraction of sp³-hybridized carbons (Fsp3) is 0.364. The first-order chi connectivity index (χ1) is 13.3. The largest absolute Gasteiger partial charge is 0.338 e. The van der Waals surface area contributed by atoms with E-state index in [0.717, 1.165) is 12.0 Å². The predicted molar refractivity (Wildman–Crippen MR) is 111 cm³/mol. The van der Waals surface area contributed by atoms with Gasteiger partial charge in [-0.1, -0.05) is 48.5 Å². The van der Waals surface area contributed by atoms with E-state index in [9.17, 15) is 14.9 Å². The average molecular weight is 396 g/mol. The van der Waals surface area contributed by atoms with Gasteiger partial charge in [0.25, 0.3) is 0 Å². The van der Waals surface area contributed by atoms with Crippen molar-refractivity contribution < 1.29 is 9.59 Å². The molecule has 1 aromatic heterocycles. The molecule has 146 valence electrons. The second-order valence-corrected chi connectivity index (χ2v) is 7.70. The molecule has 0 atom stereocenters. The van der Waals surface area contributed by atoms with Crippen molar-refractivity contribution in [2.24, 2.45) is 0 Å². The Bertz CT molecular complexity index is 901. The van der Waals surface area contributed by atoms with Crippen molar-refractivity contribution in [3.63, 3.8) is 0 Å². The van der Waals surface area contributed by atoms with E-state index in [1.807, 2.05) is 43.0 Å². The number of pyridine rings is 1. The lowest BCUT2D eigenvalue weighted by atomic mass is 10.1. The molecule has 2 rings (SSSR count). The van der Waals surface area contributed by atoms with Crippen molar-refractivity contribution in [1.82, 2.24) is 9.88 Å². The Morgan fingerprint density at radius 1 is 1.21 bits per heavy atom. The van der Waals surface area contributed by atoms with Gasteiger partial charge in [-0.05, 0) is 38.8 Å². The maximum absolute atomic E-state index is 12.8. The molecule has 5 nitrogen and oxygen atoms in total. The van der Waals surface area contributed by atoms with Gasteiger partial charge in [0.1, 0.15) is 11.1 Å². The lowest BCUT2D eigenvalue weighted by Gasteiger charge is -2.22. The maximum atomic E-state index is 12.8. The molecule has 1 heterocycles. The topological polar surface area (TPSA) is 74.1 Å². The minimum Gasteiger partial charge on any atom is -0.338 e. The van der Waals surface area contributed by atoms with Crippen molar-refractivity contribution in [2.75, 3.05) is 12.3 Å². The number of thioether (sulfide) groups is 1. The van der Waals surface area contributed by atoms with Crippen LogP contribution in [0.4, 0.5) is 0 Å². The number of hydrogen-bond donors (Lipinski definition) is 0. The van der Waals surface area contributed by atoms with Gasteiger partial charge in [-0.25, -0.2) is 4.98 Å². The molecule has 0 saturated carbocycles. The molecule has 28 heavy (non-hydrogen) atoms. The summed E-state index contributed by atoms with van der Waals surface area (Å²) >= 11 is 1.25. The molecule has 2 aromatic rings. The first-order valence-electron chi connectivity index (χ1n) is 9.24. The number of benzene rings is 1. The van der Waals surface area contributed by atoms with Crippen molar-refractivity contribution >= 4 is 23.5 Å². The van der Waals surface area contributed by atoms with E-state index < -0.39 is 0 Å². The van der Waals surface area contributed by atoms with Crippen LogP contribution in [0.2, 0.25) is 0 Å². The molecular weight excluding hydrogens is 370 g/mol. The summed E-state index contributed by atoms with van der Waals surface area (Å²) in [6.45, 7) is 8.51. The van der Waals surface area contributed by atoms with Gasteiger partial charge in [-0.15, -0.1) is 0 Å². The van der Waals surface area contributed by atoms with Crippen LogP contribution in [0.1, 0.15) is 53.0 Å². The number of Topliss-reactive ketones (excluding diaryl/α,β-unsaturated/α-hetero) is 1. The summed E-state index contributed by atoms with van der Waals surface area (Å²) in [6, 6.07) is 11.8. The Morgan fingerprint density at radius 2 is 1.89 bits per heavy atom. The number of nitrogens with zero attached hydrogens (tertiary/aromatic N) is 3. The molecule has 0 saturated heterocycles. The molecule has 1 aromatic carbocycles. The number of carbonyl (C=O) groups excluding carboxylic acids is 2. The minimum atomic E-state index is -0.124. The number of amides is 1. The minimum absolute atomic E-state index is 0.00594. The van der Waals surface area contributed by atoms with Gasteiger partial charge >= 0.3 is 0 Å². The van der Waals surface area contributed by atoms with Crippen LogP contribution >= 0.6 is 11.8 Å². The molecule has 0 aliphatic heterocycles. The Kier molecular flexibility index (Phi) is 7.77. The lowest BCUT2D eigenvalue weighted by molar-refractivity contribution is -0.129. The second kappa shape index (κ2) is 10.0. The monoisotopic (exact) mass is 395 g/mol. The highest BCUT2D eigenvalue weighted by molar-refractivity contribution is 8.00. The van der Waals surface area contributed by atoms with Crippen LogP contribution in [0.15, 0.2) is 35.4 Å².